The Balaban J connectivity index is 1.27. The maximum Gasteiger partial charge on any atom is 0.318 e. The smallest absolute Gasteiger partial charge is 0.318 e. The standard InChI is InChI=1S/C32H34ClFN6O/c1-20-14-22-15-35-16-27(34)25(22)17-40(20)31-24-11-13-39(29-10-4-7-21-6-3-9-26(33)30(21)29)18-28(24)36-32(37-31)41-19-23-8-5-12-38(23)2/h3-4,6-7,9-10,15-16,20,23H,5,8,11-14,17-19H2,1-2H3/t20-,23+/m1/s1. The fourth-order valence-electron chi connectivity index (χ4n) is 6.69. The quantitative estimate of drug-likeness (QED) is 0.299. The van der Waals surface area contributed by atoms with Crippen LogP contribution in [0.4, 0.5) is 15.9 Å². The normalized spacial score (nSPS) is 20.8. The van der Waals surface area contributed by atoms with Gasteiger partial charge >= 0.3 is 6.01 Å². The molecule has 0 saturated carbocycles. The fraction of sp³-hybridized carbons (Fsp3) is 0.406. The lowest BCUT2D eigenvalue weighted by molar-refractivity contribution is 0.187. The number of aromatic nitrogens is 3. The zero-order valence-electron chi connectivity index (χ0n) is 23.5. The molecule has 3 aliphatic heterocycles. The van der Waals surface area contributed by atoms with Gasteiger partial charge in [0.2, 0.25) is 0 Å². The molecule has 9 heteroatoms. The predicted molar refractivity (Wildman–Crippen MR) is 160 cm³/mol. The van der Waals surface area contributed by atoms with Crippen LogP contribution in [0.5, 0.6) is 6.01 Å². The van der Waals surface area contributed by atoms with Crippen LogP contribution in [0.1, 0.15) is 42.1 Å². The van der Waals surface area contributed by atoms with Gasteiger partial charge in [-0.2, -0.15) is 9.97 Å². The maximum absolute atomic E-state index is 14.9. The summed E-state index contributed by atoms with van der Waals surface area (Å²) in [6, 6.07) is 13.2. The van der Waals surface area contributed by atoms with Crippen molar-refractivity contribution < 1.29 is 9.13 Å². The number of pyridine rings is 1. The van der Waals surface area contributed by atoms with E-state index in [1.165, 1.54) is 12.6 Å². The average Bonchev–Trinajstić information content (AvgIpc) is 3.39. The van der Waals surface area contributed by atoms with Crippen molar-refractivity contribution in [3.8, 4) is 6.01 Å². The number of benzene rings is 2. The van der Waals surface area contributed by atoms with E-state index in [1.54, 1.807) is 6.20 Å². The summed E-state index contributed by atoms with van der Waals surface area (Å²) in [6.45, 7) is 5.67. The van der Waals surface area contributed by atoms with Gasteiger partial charge in [0, 0.05) is 53.6 Å². The van der Waals surface area contributed by atoms with Crippen LogP contribution in [0.3, 0.4) is 0 Å². The molecule has 0 N–H and O–H groups in total. The van der Waals surface area contributed by atoms with Crippen LogP contribution in [-0.2, 0) is 25.9 Å². The molecule has 0 amide bonds. The van der Waals surface area contributed by atoms with Crippen LogP contribution >= 0.6 is 11.6 Å². The monoisotopic (exact) mass is 572 g/mol. The van der Waals surface area contributed by atoms with Crippen LogP contribution in [0, 0.1) is 5.82 Å². The van der Waals surface area contributed by atoms with Crippen molar-refractivity contribution in [3.05, 3.63) is 82.0 Å². The Morgan fingerprint density at radius 2 is 1.90 bits per heavy atom. The number of halogens is 2. The van der Waals surface area contributed by atoms with E-state index in [4.69, 9.17) is 26.3 Å². The summed E-state index contributed by atoms with van der Waals surface area (Å²) in [5.41, 5.74) is 4.83. The van der Waals surface area contributed by atoms with Gasteiger partial charge in [0.05, 0.1) is 23.5 Å². The number of hydrogen-bond acceptors (Lipinski definition) is 7. The van der Waals surface area contributed by atoms with Gasteiger partial charge in [-0.3, -0.25) is 4.98 Å². The molecule has 0 radical (unpaired) electrons. The molecule has 2 aromatic carbocycles. The van der Waals surface area contributed by atoms with Gasteiger partial charge in [-0.1, -0.05) is 35.9 Å². The van der Waals surface area contributed by atoms with E-state index in [2.05, 4.69) is 57.9 Å². The second-order valence-corrected chi connectivity index (χ2v) is 12.0. The molecule has 0 spiro atoms. The number of hydrogen-bond donors (Lipinski definition) is 0. The first-order chi connectivity index (χ1) is 20.0. The third-order valence-corrected chi connectivity index (χ3v) is 9.33. The minimum atomic E-state index is -0.262. The minimum absolute atomic E-state index is 0.133. The molecule has 7 nitrogen and oxygen atoms in total. The number of nitrogens with zero attached hydrogens (tertiary/aromatic N) is 6. The summed E-state index contributed by atoms with van der Waals surface area (Å²) in [7, 11) is 2.14. The van der Waals surface area contributed by atoms with Crippen molar-refractivity contribution in [2.24, 2.45) is 0 Å². The Morgan fingerprint density at radius 1 is 1.05 bits per heavy atom. The Labute approximate surface area is 244 Å². The van der Waals surface area contributed by atoms with Crippen molar-refractivity contribution in [2.45, 2.75) is 57.8 Å². The lowest BCUT2D eigenvalue weighted by atomic mass is 9.95. The molecule has 0 unspecified atom stereocenters. The van der Waals surface area contributed by atoms with Gasteiger partial charge in [-0.25, -0.2) is 4.39 Å². The highest BCUT2D eigenvalue weighted by molar-refractivity contribution is 6.36. The minimum Gasteiger partial charge on any atom is -0.462 e. The van der Waals surface area contributed by atoms with E-state index >= 15 is 0 Å². The summed E-state index contributed by atoms with van der Waals surface area (Å²) in [4.78, 5) is 21.0. The molecule has 2 atom stereocenters. The van der Waals surface area contributed by atoms with Crippen molar-refractivity contribution >= 4 is 33.9 Å². The highest BCUT2D eigenvalue weighted by atomic mass is 35.5. The number of rotatable bonds is 5. The zero-order chi connectivity index (χ0) is 28.1. The molecule has 212 valence electrons. The molecule has 5 heterocycles. The van der Waals surface area contributed by atoms with Gasteiger partial charge in [-0.05, 0) is 69.3 Å². The van der Waals surface area contributed by atoms with Crippen molar-refractivity contribution in [2.75, 3.05) is 36.5 Å². The fourth-order valence-corrected chi connectivity index (χ4v) is 6.97. The first-order valence-electron chi connectivity index (χ1n) is 14.5. The zero-order valence-corrected chi connectivity index (χ0v) is 24.2. The second kappa shape index (κ2) is 10.7. The molecular weight excluding hydrogens is 539 g/mol. The third kappa shape index (κ3) is 4.87. The second-order valence-electron chi connectivity index (χ2n) is 11.6. The largest absolute Gasteiger partial charge is 0.462 e. The summed E-state index contributed by atoms with van der Waals surface area (Å²) in [5, 5.41) is 2.92. The molecule has 1 fully saturated rings. The third-order valence-electron chi connectivity index (χ3n) is 9.01. The van der Waals surface area contributed by atoms with Gasteiger partial charge in [0.15, 0.2) is 0 Å². The van der Waals surface area contributed by atoms with Crippen LogP contribution < -0.4 is 14.5 Å². The number of fused-ring (bicyclic) bond motifs is 3. The lowest BCUT2D eigenvalue weighted by Crippen LogP contribution is -2.41. The molecular formula is C32H34ClFN6O. The number of likely N-dealkylation sites (N-methyl/N-ethyl adjacent to an activating group) is 1. The molecule has 0 bridgehead atoms. The summed E-state index contributed by atoms with van der Waals surface area (Å²) >= 11 is 6.70. The van der Waals surface area contributed by atoms with E-state index in [1.807, 2.05) is 12.1 Å². The van der Waals surface area contributed by atoms with E-state index < -0.39 is 0 Å². The molecule has 1 saturated heterocycles. The van der Waals surface area contributed by atoms with Crippen LogP contribution in [0.2, 0.25) is 5.02 Å². The average molecular weight is 573 g/mol. The molecule has 41 heavy (non-hydrogen) atoms. The number of ether oxygens (including phenoxy) is 1. The topological polar surface area (TPSA) is 57.6 Å². The first kappa shape index (κ1) is 26.4. The molecule has 4 aromatic rings. The molecule has 3 aliphatic rings. The number of likely N-dealkylation sites (tertiary alicyclic amines) is 1. The SMILES string of the molecule is C[C@@H]1Cc2cncc(F)c2CN1c1nc(OC[C@@H]2CCCN2C)nc2c1CCN(c1cccc3cccc(Cl)c13)C2. The van der Waals surface area contributed by atoms with Crippen molar-refractivity contribution in [1.82, 2.24) is 19.9 Å². The van der Waals surface area contributed by atoms with Crippen LogP contribution in [0.15, 0.2) is 48.8 Å². The molecule has 7 rings (SSSR count). The van der Waals surface area contributed by atoms with Gasteiger partial charge in [0.1, 0.15) is 18.2 Å². The van der Waals surface area contributed by atoms with E-state index in [0.717, 1.165) is 70.1 Å². The Morgan fingerprint density at radius 3 is 2.73 bits per heavy atom. The van der Waals surface area contributed by atoms with E-state index in [0.29, 0.717) is 43.7 Å². The first-order valence-corrected chi connectivity index (χ1v) is 14.9. The van der Waals surface area contributed by atoms with Gasteiger partial charge < -0.3 is 19.4 Å². The van der Waals surface area contributed by atoms with Crippen molar-refractivity contribution in [3.63, 3.8) is 0 Å². The van der Waals surface area contributed by atoms with Crippen molar-refractivity contribution in [1.29, 1.82) is 0 Å². The maximum atomic E-state index is 14.9. The van der Waals surface area contributed by atoms with Crippen LogP contribution in [0.25, 0.3) is 10.8 Å². The highest BCUT2D eigenvalue weighted by Gasteiger charge is 2.32. The molecule has 0 aliphatic carbocycles. The summed E-state index contributed by atoms with van der Waals surface area (Å²) in [5.74, 6) is 0.594. The van der Waals surface area contributed by atoms with E-state index in [-0.39, 0.29) is 11.9 Å². The molecule has 2 aromatic heterocycles. The predicted octanol–water partition coefficient (Wildman–Crippen LogP) is 5.80. The Bertz CT molecular complexity index is 1610. The summed E-state index contributed by atoms with van der Waals surface area (Å²) in [6.07, 6.45) is 6.87. The van der Waals surface area contributed by atoms with E-state index in [9.17, 15) is 4.39 Å². The lowest BCUT2D eigenvalue weighted by Gasteiger charge is -2.39. The van der Waals surface area contributed by atoms with Gasteiger partial charge in [-0.15, -0.1) is 0 Å². The highest BCUT2D eigenvalue weighted by Crippen LogP contribution is 2.38. The number of anilines is 2. The van der Waals surface area contributed by atoms with Crippen LogP contribution in [-0.4, -0.2) is 58.7 Å². The summed E-state index contributed by atoms with van der Waals surface area (Å²) < 4.78 is 21.2. The Hall–Kier alpha value is -3.49. The van der Waals surface area contributed by atoms with Gasteiger partial charge in [0.25, 0.3) is 0 Å². The Kier molecular flexibility index (Phi) is 6.91.